The minimum Gasteiger partial charge on any atom is -0.497 e. The lowest BCUT2D eigenvalue weighted by Gasteiger charge is -2.36. The Kier molecular flexibility index (Phi) is 5.27. The van der Waals surface area contributed by atoms with Gasteiger partial charge in [0, 0.05) is 31.6 Å². The molecule has 6 nitrogen and oxygen atoms in total. The molecule has 1 aliphatic rings. The van der Waals surface area contributed by atoms with Crippen LogP contribution in [-0.2, 0) is 0 Å². The van der Waals surface area contributed by atoms with Crippen LogP contribution in [-0.4, -0.2) is 65.7 Å². The Morgan fingerprint density at radius 2 is 2.28 bits per heavy atom. The molecule has 0 bridgehead atoms. The van der Waals surface area contributed by atoms with Crippen molar-refractivity contribution in [1.29, 1.82) is 0 Å². The molecule has 1 amide bonds. The predicted molar refractivity (Wildman–Crippen MR) is 99.0 cm³/mol. The van der Waals surface area contributed by atoms with Crippen molar-refractivity contribution in [3.63, 3.8) is 0 Å². The zero-order chi connectivity index (χ0) is 18.0. The van der Waals surface area contributed by atoms with Gasteiger partial charge in [-0.15, -0.1) is 0 Å². The number of H-pyrrole nitrogens is 1. The monoisotopic (exact) mass is 344 g/mol. The van der Waals surface area contributed by atoms with E-state index < -0.39 is 0 Å². The molecule has 3 rings (SSSR count). The van der Waals surface area contributed by atoms with Crippen molar-refractivity contribution in [3.8, 4) is 5.75 Å². The van der Waals surface area contributed by atoms with Gasteiger partial charge < -0.3 is 14.5 Å². The number of rotatable bonds is 5. The molecule has 1 atom stereocenters. The van der Waals surface area contributed by atoms with Crippen molar-refractivity contribution in [2.24, 2.45) is 5.92 Å². The van der Waals surface area contributed by atoms with E-state index in [0.717, 1.165) is 36.3 Å². The summed E-state index contributed by atoms with van der Waals surface area (Å²) in [4.78, 5) is 17.2. The largest absolute Gasteiger partial charge is 0.497 e. The zero-order valence-corrected chi connectivity index (χ0v) is 15.6. The highest BCUT2D eigenvalue weighted by Crippen LogP contribution is 2.24. The van der Waals surface area contributed by atoms with Gasteiger partial charge >= 0.3 is 0 Å². The molecule has 136 valence electrons. The second-order valence-electron chi connectivity index (χ2n) is 7.27. The topological polar surface area (TPSA) is 61.5 Å². The summed E-state index contributed by atoms with van der Waals surface area (Å²) in [7, 11) is 3.50. The number of hydrogen-bond donors (Lipinski definition) is 1. The van der Waals surface area contributed by atoms with Gasteiger partial charge in [0.15, 0.2) is 5.69 Å². The number of methoxy groups -OCH3 is 1. The van der Waals surface area contributed by atoms with Crippen LogP contribution < -0.4 is 4.74 Å². The van der Waals surface area contributed by atoms with Crippen LogP contribution in [0.5, 0.6) is 5.75 Å². The molecule has 0 radical (unpaired) electrons. The van der Waals surface area contributed by atoms with Gasteiger partial charge in [-0.2, -0.15) is 5.10 Å². The Morgan fingerprint density at radius 1 is 1.48 bits per heavy atom. The molecular weight excluding hydrogens is 316 g/mol. The maximum Gasteiger partial charge on any atom is 0.274 e. The molecule has 1 aliphatic heterocycles. The van der Waals surface area contributed by atoms with Gasteiger partial charge in [0.2, 0.25) is 0 Å². The molecule has 1 fully saturated rings. The smallest absolute Gasteiger partial charge is 0.274 e. The fourth-order valence-corrected chi connectivity index (χ4v) is 3.65. The average Bonchev–Trinajstić information content (AvgIpc) is 3.04. The first kappa shape index (κ1) is 17.7. The summed E-state index contributed by atoms with van der Waals surface area (Å²) in [6.45, 7) is 7.46. The number of ether oxygens (including phenoxy) is 1. The van der Waals surface area contributed by atoms with E-state index in [9.17, 15) is 4.79 Å². The molecule has 0 aliphatic carbocycles. The second-order valence-corrected chi connectivity index (χ2v) is 7.27. The first-order chi connectivity index (χ1) is 12.0. The van der Waals surface area contributed by atoms with Crippen molar-refractivity contribution < 1.29 is 9.53 Å². The summed E-state index contributed by atoms with van der Waals surface area (Å²) in [5.41, 5.74) is 1.31. The maximum absolute atomic E-state index is 12.9. The molecule has 1 aromatic heterocycles. The Morgan fingerprint density at radius 3 is 3.00 bits per heavy atom. The van der Waals surface area contributed by atoms with Crippen LogP contribution in [0, 0.1) is 5.92 Å². The van der Waals surface area contributed by atoms with Gasteiger partial charge in [-0.1, -0.05) is 0 Å². The number of carbonyl (C=O) groups excluding carboxylic acids is 1. The third-order valence-electron chi connectivity index (χ3n) is 5.13. The standard InChI is InChI=1S/C19H28N4O2/c1-13(2)23-9-5-6-14(12-23)11-22(3)19(24)18-16-10-15(25-4)7-8-17(16)20-21-18/h7-8,10,13-14H,5-6,9,11-12H2,1-4H3,(H,20,21)/t14-/m1/s1. The predicted octanol–water partition coefficient (Wildman–Crippen LogP) is 2.76. The number of aromatic nitrogens is 2. The number of carbonyl (C=O) groups is 1. The van der Waals surface area contributed by atoms with Crippen molar-refractivity contribution in [1.82, 2.24) is 20.0 Å². The molecular formula is C19H28N4O2. The molecule has 1 aromatic carbocycles. The van der Waals surface area contributed by atoms with Crippen LogP contribution in [0.2, 0.25) is 0 Å². The summed E-state index contributed by atoms with van der Waals surface area (Å²) < 4.78 is 5.27. The summed E-state index contributed by atoms with van der Waals surface area (Å²) >= 11 is 0. The molecule has 2 aromatic rings. The minimum absolute atomic E-state index is 0.0406. The number of hydrogen-bond acceptors (Lipinski definition) is 4. The Balaban J connectivity index is 1.72. The van der Waals surface area contributed by atoms with Crippen molar-refractivity contribution in [2.45, 2.75) is 32.7 Å². The highest BCUT2D eigenvalue weighted by atomic mass is 16.5. The van der Waals surface area contributed by atoms with Gasteiger partial charge in [-0.3, -0.25) is 9.89 Å². The lowest BCUT2D eigenvalue weighted by atomic mass is 9.96. The summed E-state index contributed by atoms with van der Waals surface area (Å²) in [6.07, 6.45) is 2.38. The molecule has 0 spiro atoms. The fourth-order valence-electron chi connectivity index (χ4n) is 3.65. The number of fused-ring (bicyclic) bond motifs is 1. The molecule has 0 unspecified atom stereocenters. The number of nitrogens with zero attached hydrogens (tertiary/aromatic N) is 3. The van der Waals surface area contributed by atoms with E-state index in [-0.39, 0.29) is 5.91 Å². The minimum atomic E-state index is -0.0406. The van der Waals surface area contributed by atoms with Crippen LogP contribution in [0.4, 0.5) is 0 Å². The van der Waals surface area contributed by atoms with E-state index in [1.54, 1.807) is 7.11 Å². The van der Waals surface area contributed by atoms with E-state index in [0.29, 0.717) is 17.7 Å². The fraction of sp³-hybridized carbons (Fsp3) is 0.579. The Bertz CT molecular complexity index is 740. The van der Waals surface area contributed by atoms with Crippen molar-refractivity contribution in [2.75, 3.05) is 33.8 Å². The van der Waals surface area contributed by atoms with Crippen LogP contribution in [0.1, 0.15) is 37.2 Å². The van der Waals surface area contributed by atoms with Gasteiger partial charge in [-0.05, 0) is 57.4 Å². The molecule has 25 heavy (non-hydrogen) atoms. The van der Waals surface area contributed by atoms with Crippen molar-refractivity contribution in [3.05, 3.63) is 23.9 Å². The van der Waals surface area contributed by atoms with E-state index in [2.05, 4.69) is 28.9 Å². The van der Waals surface area contributed by atoms with Crippen molar-refractivity contribution >= 4 is 16.8 Å². The Labute approximate surface area is 149 Å². The normalized spacial score (nSPS) is 18.7. The van der Waals surface area contributed by atoms with Crippen LogP contribution >= 0.6 is 0 Å². The zero-order valence-electron chi connectivity index (χ0n) is 15.6. The lowest BCUT2D eigenvalue weighted by Crippen LogP contribution is -2.44. The second kappa shape index (κ2) is 7.44. The van der Waals surface area contributed by atoms with Gasteiger partial charge in [0.1, 0.15) is 5.75 Å². The highest BCUT2D eigenvalue weighted by molar-refractivity contribution is 6.04. The molecule has 1 N–H and O–H groups in total. The van der Waals surface area contributed by atoms with Crippen LogP contribution in [0.25, 0.3) is 10.9 Å². The summed E-state index contributed by atoms with van der Waals surface area (Å²) in [5, 5.41) is 7.99. The quantitative estimate of drug-likeness (QED) is 0.906. The van der Waals surface area contributed by atoms with Gasteiger partial charge in [0.25, 0.3) is 5.91 Å². The maximum atomic E-state index is 12.9. The average molecular weight is 344 g/mol. The van der Waals surface area contributed by atoms with E-state index >= 15 is 0 Å². The van der Waals surface area contributed by atoms with Crippen LogP contribution in [0.15, 0.2) is 18.2 Å². The number of piperidine rings is 1. The number of aromatic amines is 1. The van der Waals surface area contributed by atoms with E-state index in [1.807, 2.05) is 30.1 Å². The molecule has 0 saturated carbocycles. The summed E-state index contributed by atoms with van der Waals surface area (Å²) in [5.74, 6) is 1.21. The summed E-state index contributed by atoms with van der Waals surface area (Å²) in [6, 6.07) is 6.17. The third kappa shape index (κ3) is 3.79. The van der Waals surface area contributed by atoms with Crippen LogP contribution in [0.3, 0.4) is 0 Å². The van der Waals surface area contributed by atoms with E-state index in [1.165, 1.54) is 12.8 Å². The SMILES string of the molecule is COc1ccc2[nH]nc(C(=O)N(C)C[C@H]3CCCN(C(C)C)C3)c2c1. The first-order valence-corrected chi connectivity index (χ1v) is 9.01. The lowest BCUT2D eigenvalue weighted by molar-refractivity contribution is 0.0705. The number of nitrogens with one attached hydrogen (secondary N) is 1. The number of benzene rings is 1. The van der Waals surface area contributed by atoms with Gasteiger partial charge in [-0.25, -0.2) is 0 Å². The molecule has 2 heterocycles. The molecule has 6 heteroatoms. The Hall–Kier alpha value is -2.08. The van der Waals surface area contributed by atoms with Gasteiger partial charge in [0.05, 0.1) is 12.6 Å². The first-order valence-electron chi connectivity index (χ1n) is 9.01. The third-order valence-corrected chi connectivity index (χ3v) is 5.13. The number of amides is 1. The molecule has 1 saturated heterocycles. The number of likely N-dealkylation sites (tertiary alicyclic amines) is 1. The van der Waals surface area contributed by atoms with E-state index in [4.69, 9.17) is 4.74 Å². The highest BCUT2D eigenvalue weighted by Gasteiger charge is 2.26.